The Morgan fingerprint density at radius 2 is 1.85 bits per heavy atom. The van der Waals surface area contributed by atoms with Crippen LogP contribution in [0.5, 0.6) is 0 Å². The van der Waals surface area contributed by atoms with Gasteiger partial charge in [-0.05, 0) is 50.0 Å². The number of ether oxygens (including phenoxy) is 1. The van der Waals surface area contributed by atoms with Gasteiger partial charge in [-0.1, -0.05) is 38.2 Å². The molecule has 0 saturated carbocycles. The SMILES string of the molecule is C/C(=C\[C@H](C)C(=O)C[C@H](O)CC1CC(=O)NC(=O)C1)[C@@H]1OC(=O)C=CCCC=C[C@@H](O)C[C@@H]1C. The van der Waals surface area contributed by atoms with Crippen molar-refractivity contribution in [3.05, 3.63) is 36.0 Å². The van der Waals surface area contributed by atoms with Gasteiger partial charge in [-0.25, -0.2) is 4.79 Å². The number of amides is 2. The molecule has 2 aliphatic rings. The topological polar surface area (TPSA) is 130 Å². The van der Waals surface area contributed by atoms with Crippen molar-refractivity contribution in [1.82, 2.24) is 5.32 Å². The van der Waals surface area contributed by atoms with E-state index in [4.69, 9.17) is 4.74 Å². The summed E-state index contributed by atoms with van der Waals surface area (Å²) in [7, 11) is 0. The van der Waals surface area contributed by atoms with E-state index in [1.807, 2.05) is 13.0 Å². The van der Waals surface area contributed by atoms with Gasteiger partial charge in [0.1, 0.15) is 11.9 Å². The lowest BCUT2D eigenvalue weighted by Crippen LogP contribution is -2.39. The van der Waals surface area contributed by atoms with Gasteiger partial charge in [0.15, 0.2) is 0 Å². The van der Waals surface area contributed by atoms with Crippen molar-refractivity contribution in [2.24, 2.45) is 17.8 Å². The number of nitrogens with one attached hydrogen (secondary N) is 1. The zero-order valence-corrected chi connectivity index (χ0v) is 20.2. The van der Waals surface area contributed by atoms with Crippen molar-refractivity contribution in [1.29, 1.82) is 0 Å². The number of rotatable bonds is 7. The quantitative estimate of drug-likeness (QED) is 0.293. The number of piperidine rings is 1. The summed E-state index contributed by atoms with van der Waals surface area (Å²) in [6, 6.07) is 0. The number of aliphatic hydroxyl groups is 2. The summed E-state index contributed by atoms with van der Waals surface area (Å²) < 4.78 is 5.67. The van der Waals surface area contributed by atoms with Gasteiger partial charge in [-0.15, -0.1) is 0 Å². The van der Waals surface area contributed by atoms with E-state index in [1.54, 1.807) is 32.1 Å². The fourth-order valence-corrected chi connectivity index (χ4v) is 4.52. The van der Waals surface area contributed by atoms with Crippen molar-refractivity contribution in [3.8, 4) is 0 Å². The molecule has 1 saturated heterocycles. The van der Waals surface area contributed by atoms with Gasteiger partial charge in [-0.3, -0.25) is 19.7 Å². The van der Waals surface area contributed by atoms with E-state index < -0.39 is 30.2 Å². The normalized spacial score (nSPS) is 27.3. The van der Waals surface area contributed by atoms with Gasteiger partial charge < -0.3 is 14.9 Å². The first kappa shape index (κ1) is 27.7. The van der Waals surface area contributed by atoms with Gasteiger partial charge in [-0.2, -0.15) is 0 Å². The fraction of sp³-hybridized carbons (Fsp3) is 0.615. The Balaban J connectivity index is 2.02. The molecule has 2 rings (SSSR count). The highest BCUT2D eigenvalue weighted by molar-refractivity contribution is 5.97. The standard InChI is InChI=1S/C26H37NO7/c1-16(22(30)15-21(29)12-19-13-23(31)27-24(32)14-19)10-17(2)26-18(3)11-20(28)8-6-4-5-7-9-25(33)34-26/h6-10,16,18-21,26,28-29H,4-5,11-15H2,1-3H3,(H,27,31,32)/b8-6?,9-7?,17-10+/t16-,18-,20+,21+,26-/m0/s1. The number of esters is 1. The zero-order valence-electron chi connectivity index (χ0n) is 20.2. The summed E-state index contributed by atoms with van der Waals surface area (Å²) in [5.74, 6) is -2.36. The van der Waals surface area contributed by atoms with Crippen LogP contribution in [0.15, 0.2) is 36.0 Å². The summed E-state index contributed by atoms with van der Waals surface area (Å²) >= 11 is 0. The number of Topliss-reactive ketones (excluding diaryl/α,β-unsaturated/α-hetero) is 1. The second kappa shape index (κ2) is 13.3. The zero-order chi connectivity index (χ0) is 25.3. The third-order valence-electron chi connectivity index (χ3n) is 6.22. The lowest BCUT2D eigenvalue weighted by atomic mass is 9.87. The molecule has 8 heteroatoms. The Morgan fingerprint density at radius 1 is 1.21 bits per heavy atom. The van der Waals surface area contributed by atoms with Crippen LogP contribution in [0, 0.1) is 17.8 Å². The number of ketones is 1. The monoisotopic (exact) mass is 475 g/mol. The summed E-state index contributed by atoms with van der Waals surface area (Å²) in [4.78, 5) is 48.0. The molecule has 0 aromatic carbocycles. The number of cyclic esters (lactones) is 1. The number of carbonyl (C=O) groups is 4. The van der Waals surface area contributed by atoms with E-state index in [9.17, 15) is 29.4 Å². The molecule has 0 aromatic rings. The highest BCUT2D eigenvalue weighted by Gasteiger charge is 2.29. The molecule has 2 amide bonds. The molecule has 0 unspecified atom stereocenters. The van der Waals surface area contributed by atoms with Crippen molar-refractivity contribution >= 4 is 23.6 Å². The molecule has 3 N–H and O–H groups in total. The second-order valence-electron chi connectivity index (χ2n) is 9.55. The largest absolute Gasteiger partial charge is 0.454 e. The summed E-state index contributed by atoms with van der Waals surface area (Å²) in [6.07, 6.45) is 8.54. The number of aliphatic hydroxyl groups excluding tert-OH is 2. The van der Waals surface area contributed by atoms with E-state index in [2.05, 4.69) is 5.32 Å². The Kier molecular flexibility index (Phi) is 10.9. The number of hydrogen-bond acceptors (Lipinski definition) is 7. The van der Waals surface area contributed by atoms with Gasteiger partial charge in [0, 0.05) is 31.3 Å². The molecule has 2 heterocycles. The molecule has 5 atom stereocenters. The number of imide groups is 1. The van der Waals surface area contributed by atoms with Crippen LogP contribution in [-0.4, -0.2) is 52.1 Å². The van der Waals surface area contributed by atoms with Gasteiger partial charge >= 0.3 is 5.97 Å². The van der Waals surface area contributed by atoms with E-state index >= 15 is 0 Å². The first-order valence-electron chi connectivity index (χ1n) is 12.0. The van der Waals surface area contributed by atoms with Crippen molar-refractivity contribution in [3.63, 3.8) is 0 Å². The molecule has 0 spiro atoms. The first-order valence-corrected chi connectivity index (χ1v) is 12.0. The van der Waals surface area contributed by atoms with Gasteiger partial charge in [0.25, 0.3) is 0 Å². The minimum atomic E-state index is -0.947. The maximum atomic E-state index is 12.7. The molecular weight excluding hydrogens is 438 g/mol. The molecule has 188 valence electrons. The predicted molar refractivity (Wildman–Crippen MR) is 126 cm³/mol. The van der Waals surface area contributed by atoms with Crippen LogP contribution in [0.3, 0.4) is 0 Å². The fourth-order valence-electron chi connectivity index (χ4n) is 4.52. The van der Waals surface area contributed by atoms with E-state index in [-0.39, 0.29) is 55.1 Å². The molecule has 34 heavy (non-hydrogen) atoms. The van der Waals surface area contributed by atoms with Crippen LogP contribution < -0.4 is 5.32 Å². The third-order valence-corrected chi connectivity index (χ3v) is 6.22. The van der Waals surface area contributed by atoms with E-state index in [1.165, 1.54) is 6.08 Å². The van der Waals surface area contributed by atoms with Crippen LogP contribution in [0.1, 0.15) is 65.7 Å². The predicted octanol–water partition coefficient (Wildman–Crippen LogP) is 2.54. The minimum Gasteiger partial charge on any atom is -0.454 e. The van der Waals surface area contributed by atoms with Crippen LogP contribution in [-0.2, 0) is 23.9 Å². The van der Waals surface area contributed by atoms with Crippen LogP contribution in [0.2, 0.25) is 0 Å². The maximum Gasteiger partial charge on any atom is 0.331 e. The van der Waals surface area contributed by atoms with Crippen LogP contribution >= 0.6 is 0 Å². The second-order valence-corrected chi connectivity index (χ2v) is 9.55. The summed E-state index contributed by atoms with van der Waals surface area (Å²) in [5.41, 5.74) is 0.701. The Labute approximate surface area is 201 Å². The molecule has 0 bridgehead atoms. The van der Waals surface area contributed by atoms with E-state index in [0.717, 1.165) is 6.42 Å². The number of allylic oxidation sites excluding steroid dienone is 3. The lowest BCUT2D eigenvalue weighted by Gasteiger charge is -2.27. The number of carbonyl (C=O) groups excluding carboxylic acids is 4. The molecular formula is C26H37NO7. The highest BCUT2D eigenvalue weighted by atomic mass is 16.5. The van der Waals surface area contributed by atoms with Crippen molar-refractivity contribution < 1.29 is 34.1 Å². The molecule has 0 radical (unpaired) electrons. The third kappa shape index (κ3) is 9.35. The van der Waals surface area contributed by atoms with Crippen LogP contribution in [0.25, 0.3) is 0 Å². The smallest absolute Gasteiger partial charge is 0.331 e. The van der Waals surface area contributed by atoms with E-state index in [0.29, 0.717) is 18.4 Å². The maximum absolute atomic E-state index is 12.7. The highest BCUT2D eigenvalue weighted by Crippen LogP contribution is 2.25. The summed E-state index contributed by atoms with van der Waals surface area (Å²) in [5, 5.41) is 22.9. The van der Waals surface area contributed by atoms with Crippen molar-refractivity contribution in [2.45, 2.75) is 84.0 Å². The number of hydrogen-bond donors (Lipinski definition) is 3. The van der Waals surface area contributed by atoms with Crippen LogP contribution in [0.4, 0.5) is 0 Å². The lowest BCUT2D eigenvalue weighted by molar-refractivity contribution is -0.144. The average Bonchev–Trinajstić information content (AvgIpc) is 2.72. The Morgan fingerprint density at radius 3 is 2.53 bits per heavy atom. The molecule has 0 aliphatic carbocycles. The van der Waals surface area contributed by atoms with Crippen molar-refractivity contribution in [2.75, 3.05) is 0 Å². The molecule has 8 nitrogen and oxygen atoms in total. The summed E-state index contributed by atoms with van der Waals surface area (Å²) in [6.45, 7) is 5.40. The molecule has 2 aliphatic heterocycles. The Bertz CT molecular complexity index is 828. The molecule has 0 aromatic heterocycles. The average molecular weight is 476 g/mol. The first-order chi connectivity index (χ1) is 16.0. The van der Waals surface area contributed by atoms with Gasteiger partial charge in [0.05, 0.1) is 12.2 Å². The molecule has 1 fully saturated rings. The minimum absolute atomic E-state index is 0.0937. The van der Waals surface area contributed by atoms with Gasteiger partial charge in [0.2, 0.25) is 11.8 Å². The Hall–Kier alpha value is -2.58.